The molecule has 7 unspecified atom stereocenters. The summed E-state index contributed by atoms with van der Waals surface area (Å²) < 4.78 is 0. The minimum Gasteiger partial charge on any atom is -0.481 e. The molecule has 30 heavy (non-hydrogen) atoms. The number of aliphatic carboxylic acids is 1. The number of carboxylic acids is 1. The van der Waals surface area contributed by atoms with Crippen LogP contribution in [0, 0.1) is 46.3 Å². The van der Waals surface area contributed by atoms with Crippen LogP contribution in [-0.2, 0) is 9.59 Å². The van der Waals surface area contributed by atoms with E-state index in [4.69, 9.17) is 5.11 Å². The third-order valence-electron chi connectivity index (χ3n) is 10.3. The molecule has 168 valence electrons. The largest absolute Gasteiger partial charge is 0.481 e. The van der Waals surface area contributed by atoms with Crippen LogP contribution in [0.2, 0.25) is 0 Å². The summed E-state index contributed by atoms with van der Waals surface area (Å²) in [7, 11) is 0. The average molecular weight is 417 g/mol. The molecule has 0 heterocycles. The molecule has 0 radical (unpaired) electrons. The number of allylic oxidation sites excluding steroid dienone is 2. The number of fused-ring (bicyclic) bond motifs is 5. The van der Waals surface area contributed by atoms with Crippen molar-refractivity contribution in [1.29, 1.82) is 0 Å². The summed E-state index contributed by atoms with van der Waals surface area (Å²) in [5.41, 5.74) is 1.25. The van der Waals surface area contributed by atoms with Gasteiger partial charge in [0.05, 0.1) is 6.10 Å². The fraction of sp³-hybridized carbons (Fsp3) is 0.846. The Balaban J connectivity index is 1.64. The summed E-state index contributed by atoms with van der Waals surface area (Å²) >= 11 is 0. The molecule has 0 aromatic heterocycles. The van der Waals surface area contributed by atoms with E-state index in [1.165, 1.54) is 0 Å². The molecule has 2 N–H and O–H groups in total. The van der Waals surface area contributed by atoms with E-state index in [0.717, 1.165) is 56.9 Å². The zero-order valence-electron chi connectivity index (χ0n) is 19.2. The van der Waals surface area contributed by atoms with Crippen molar-refractivity contribution in [3.8, 4) is 0 Å². The molecular weight excluding hydrogens is 376 g/mol. The monoisotopic (exact) mass is 416 g/mol. The molecule has 0 aromatic carbocycles. The van der Waals surface area contributed by atoms with Crippen molar-refractivity contribution in [2.24, 2.45) is 46.3 Å². The number of ketones is 1. The molecule has 0 aliphatic heterocycles. The van der Waals surface area contributed by atoms with Crippen molar-refractivity contribution < 1.29 is 19.8 Å². The van der Waals surface area contributed by atoms with E-state index in [9.17, 15) is 14.7 Å². The lowest BCUT2D eigenvalue weighted by Gasteiger charge is -2.61. The van der Waals surface area contributed by atoms with E-state index < -0.39 is 5.97 Å². The summed E-state index contributed by atoms with van der Waals surface area (Å²) in [5, 5.41) is 19.5. The Morgan fingerprint density at radius 2 is 1.80 bits per heavy atom. The molecule has 4 aliphatic carbocycles. The van der Waals surface area contributed by atoms with Crippen molar-refractivity contribution >= 4 is 11.8 Å². The number of aliphatic hydroxyl groups excluding tert-OH is 1. The SMILES string of the molecule is C/C=C1/C(=O)C2C(CCC3(C)C2CCC3[C@H](C)CCC(=O)O)C2(C)CC[C@@H](O)CC12. The van der Waals surface area contributed by atoms with E-state index in [-0.39, 0.29) is 35.2 Å². The molecule has 0 spiro atoms. The van der Waals surface area contributed by atoms with Crippen LogP contribution in [0.5, 0.6) is 0 Å². The van der Waals surface area contributed by atoms with Crippen LogP contribution < -0.4 is 0 Å². The topological polar surface area (TPSA) is 74.6 Å². The summed E-state index contributed by atoms with van der Waals surface area (Å²) in [6, 6.07) is 0. The van der Waals surface area contributed by atoms with Gasteiger partial charge in [-0.3, -0.25) is 9.59 Å². The lowest BCUT2D eigenvalue weighted by atomic mass is 9.43. The molecule has 4 aliphatic rings. The number of rotatable bonds is 4. The second kappa shape index (κ2) is 7.76. The van der Waals surface area contributed by atoms with Crippen molar-refractivity contribution in [1.82, 2.24) is 0 Å². The van der Waals surface area contributed by atoms with Crippen LogP contribution in [0.3, 0.4) is 0 Å². The van der Waals surface area contributed by atoms with Gasteiger partial charge in [0.2, 0.25) is 0 Å². The smallest absolute Gasteiger partial charge is 0.303 e. The number of Topliss-reactive ketones (excluding diaryl/α,β-unsaturated/α-hetero) is 1. The van der Waals surface area contributed by atoms with Gasteiger partial charge in [-0.1, -0.05) is 26.8 Å². The molecule has 0 amide bonds. The number of aliphatic hydroxyl groups is 1. The third-order valence-corrected chi connectivity index (χ3v) is 10.3. The van der Waals surface area contributed by atoms with Crippen LogP contribution in [0.1, 0.15) is 85.5 Å². The third kappa shape index (κ3) is 3.20. The van der Waals surface area contributed by atoms with Gasteiger partial charge in [-0.25, -0.2) is 0 Å². The van der Waals surface area contributed by atoms with Crippen molar-refractivity contribution in [3.05, 3.63) is 11.6 Å². The second-order valence-corrected chi connectivity index (χ2v) is 11.5. The van der Waals surface area contributed by atoms with Crippen LogP contribution in [0.25, 0.3) is 0 Å². The van der Waals surface area contributed by atoms with Gasteiger partial charge < -0.3 is 10.2 Å². The minimum absolute atomic E-state index is 0.114. The Bertz CT molecular complexity index is 741. The first-order chi connectivity index (χ1) is 14.1. The standard InChI is InChI=1S/C26H40O4/c1-5-17-21-14-16(27)10-12-26(21,4)20-11-13-25(3)18(15(2)6-9-22(28)29)7-8-19(25)23(20)24(17)30/h5,15-16,18-21,23,27H,6-14H2,1-4H3,(H,28,29)/b17-5+/t15-,16-,18?,19?,20?,21?,23?,25?,26?/m1/s1. The van der Waals surface area contributed by atoms with Crippen LogP contribution in [0.4, 0.5) is 0 Å². The van der Waals surface area contributed by atoms with E-state index in [1.807, 2.05) is 13.0 Å². The highest BCUT2D eigenvalue weighted by Crippen LogP contribution is 2.68. The van der Waals surface area contributed by atoms with Crippen molar-refractivity contribution in [2.45, 2.75) is 91.6 Å². The zero-order valence-corrected chi connectivity index (χ0v) is 19.2. The first-order valence-electron chi connectivity index (χ1n) is 12.2. The van der Waals surface area contributed by atoms with Gasteiger partial charge in [-0.15, -0.1) is 0 Å². The normalized spacial score (nSPS) is 48.0. The van der Waals surface area contributed by atoms with E-state index >= 15 is 0 Å². The van der Waals surface area contributed by atoms with Crippen LogP contribution in [0.15, 0.2) is 11.6 Å². The van der Waals surface area contributed by atoms with E-state index in [2.05, 4.69) is 20.8 Å². The molecule has 4 rings (SSSR count). The molecular formula is C26H40O4. The van der Waals surface area contributed by atoms with Crippen LogP contribution >= 0.6 is 0 Å². The Labute approximate surface area is 181 Å². The Kier molecular flexibility index (Phi) is 5.70. The zero-order chi connectivity index (χ0) is 21.8. The lowest BCUT2D eigenvalue weighted by Crippen LogP contribution is -2.58. The predicted molar refractivity (Wildman–Crippen MR) is 117 cm³/mol. The van der Waals surface area contributed by atoms with Gasteiger partial charge >= 0.3 is 5.97 Å². The quantitative estimate of drug-likeness (QED) is 0.614. The van der Waals surface area contributed by atoms with Gasteiger partial charge in [0.1, 0.15) is 0 Å². The fourth-order valence-corrected chi connectivity index (χ4v) is 8.72. The molecule has 0 bridgehead atoms. The molecule has 4 heteroatoms. The van der Waals surface area contributed by atoms with Gasteiger partial charge in [-0.05, 0) is 104 Å². The summed E-state index contributed by atoms with van der Waals surface area (Å²) in [6.45, 7) is 9.04. The Hall–Kier alpha value is -1.16. The highest BCUT2D eigenvalue weighted by molar-refractivity contribution is 5.99. The summed E-state index contributed by atoms with van der Waals surface area (Å²) in [4.78, 5) is 24.9. The molecule has 9 atom stereocenters. The minimum atomic E-state index is -0.705. The van der Waals surface area contributed by atoms with E-state index in [1.54, 1.807) is 0 Å². The second-order valence-electron chi connectivity index (χ2n) is 11.5. The molecule has 0 saturated heterocycles. The number of carbonyl (C=O) groups is 2. The van der Waals surface area contributed by atoms with E-state index in [0.29, 0.717) is 29.5 Å². The number of carbonyl (C=O) groups excluding carboxylic acids is 1. The van der Waals surface area contributed by atoms with Crippen molar-refractivity contribution in [3.63, 3.8) is 0 Å². The van der Waals surface area contributed by atoms with Gasteiger partial charge in [0, 0.05) is 12.3 Å². The lowest BCUT2D eigenvalue weighted by molar-refractivity contribution is -0.150. The predicted octanol–water partition coefficient (Wildman–Crippen LogP) is 5.24. The molecule has 4 saturated carbocycles. The number of carboxylic acid groups (broad SMARTS) is 1. The molecule has 4 fully saturated rings. The van der Waals surface area contributed by atoms with Gasteiger partial charge in [0.25, 0.3) is 0 Å². The maximum absolute atomic E-state index is 13.8. The van der Waals surface area contributed by atoms with Crippen molar-refractivity contribution in [2.75, 3.05) is 0 Å². The highest BCUT2D eigenvalue weighted by atomic mass is 16.4. The summed E-state index contributed by atoms with van der Waals surface area (Å²) in [6.07, 6.45) is 9.86. The maximum Gasteiger partial charge on any atom is 0.303 e. The highest BCUT2D eigenvalue weighted by Gasteiger charge is 2.64. The Morgan fingerprint density at radius 1 is 1.13 bits per heavy atom. The number of hydrogen-bond acceptors (Lipinski definition) is 3. The molecule has 0 aromatic rings. The average Bonchev–Trinajstić information content (AvgIpc) is 3.05. The maximum atomic E-state index is 13.8. The first-order valence-corrected chi connectivity index (χ1v) is 12.2. The summed E-state index contributed by atoms with van der Waals surface area (Å²) in [5.74, 6) is 1.74. The van der Waals surface area contributed by atoms with Gasteiger partial charge in [-0.2, -0.15) is 0 Å². The first kappa shape index (κ1) is 22.0. The molecule has 4 nitrogen and oxygen atoms in total. The van der Waals surface area contributed by atoms with Gasteiger partial charge in [0.15, 0.2) is 5.78 Å². The van der Waals surface area contributed by atoms with Crippen LogP contribution in [-0.4, -0.2) is 28.1 Å². The number of hydrogen-bond donors (Lipinski definition) is 2. The fourth-order valence-electron chi connectivity index (χ4n) is 8.72. The Morgan fingerprint density at radius 3 is 2.47 bits per heavy atom.